The van der Waals surface area contributed by atoms with Crippen LogP contribution in [0.15, 0.2) is 41.5 Å². The molecule has 2 heterocycles. The Labute approximate surface area is 163 Å². The number of nitrogen functional groups attached to an aromatic ring is 2. The molecular weight excluding hydrogens is 364 g/mol. The van der Waals surface area contributed by atoms with Crippen molar-refractivity contribution in [3.05, 3.63) is 51.9 Å². The van der Waals surface area contributed by atoms with E-state index in [4.69, 9.17) is 17.2 Å². The van der Waals surface area contributed by atoms with Gasteiger partial charge in [0.15, 0.2) is 0 Å². The van der Waals surface area contributed by atoms with E-state index >= 15 is 0 Å². The summed E-state index contributed by atoms with van der Waals surface area (Å²) >= 11 is 2.98. The highest BCUT2D eigenvalue weighted by molar-refractivity contribution is 8.04. The highest BCUT2D eigenvalue weighted by atomic mass is 32.2. The van der Waals surface area contributed by atoms with Crippen molar-refractivity contribution in [2.45, 2.75) is 26.0 Å². The van der Waals surface area contributed by atoms with Crippen molar-refractivity contribution in [1.29, 1.82) is 0 Å². The lowest BCUT2D eigenvalue weighted by molar-refractivity contribution is 0.0670. The maximum atomic E-state index is 12.8. The molecule has 0 saturated carbocycles. The van der Waals surface area contributed by atoms with Gasteiger partial charge in [0.25, 0.3) is 5.91 Å². The first-order valence-electron chi connectivity index (χ1n) is 8.32. The van der Waals surface area contributed by atoms with Gasteiger partial charge < -0.3 is 22.1 Å². The van der Waals surface area contributed by atoms with Gasteiger partial charge in [0.2, 0.25) is 0 Å². The van der Waals surface area contributed by atoms with E-state index in [1.807, 2.05) is 32.1 Å². The van der Waals surface area contributed by atoms with Gasteiger partial charge in [-0.05, 0) is 32.4 Å². The summed E-state index contributed by atoms with van der Waals surface area (Å²) in [5.74, 6) is -0.0648. The molecule has 140 valence electrons. The minimum atomic E-state index is -0.0648. The summed E-state index contributed by atoms with van der Waals surface area (Å²) in [5.41, 5.74) is 20.7. The van der Waals surface area contributed by atoms with E-state index in [1.54, 1.807) is 29.7 Å². The molecule has 1 aliphatic rings. The molecule has 2 rings (SSSR count). The Morgan fingerprint density at radius 1 is 1.35 bits per heavy atom. The lowest BCUT2D eigenvalue weighted by Gasteiger charge is -2.38. The molecule has 1 amide bonds. The smallest absolute Gasteiger partial charge is 0.266 e. The summed E-state index contributed by atoms with van der Waals surface area (Å²) in [6, 6.07) is 0. The molecule has 5 nitrogen and oxygen atoms in total. The minimum absolute atomic E-state index is 0.0648. The number of hydrogen-bond donors (Lipinski definition) is 3. The maximum absolute atomic E-state index is 12.8. The summed E-state index contributed by atoms with van der Waals surface area (Å²) in [5, 5.41) is 0.899. The fourth-order valence-electron chi connectivity index (χ4n) is 2.63. The van der Waals surface area contributed by atoms with Crippen LogP contribution >= 0.6 is 23.1 Å². The first-order chi connectivity index (χ1) is 12.3. The zero-order valence-corrected chi connectivity index (χ0v) is 17.0. The molecule has 6 N–H and O–H groups in total. The molecule has 0 atom stereocenters. The topological polar surface area (TPSA) is 98.4 Å². The Hall–Kier alpha value is -2.12. The van der Waals surface area contributed by atoms with Crippen LogP contribution < -0.4 is 17.2 Å². The van der Waals surface area contributed by atoms with Crippen molar-refractivity contribution < 1.29 is 4.79 Å². The Morgan fingerprint density at radius 3 is 2.54 bits per heavy atom. The lowest BCUT2D eigenvalue weighted by atomic mass is 10.1. The van der Waals surface area contributed by atoms with Gasteiger partial charge in [0.05, 0.1) is 10.7 Å². The average molecular weight is 391 g/mol. The zero-order chi connectivity index (χ0) is 19.4. The predicted octanol–water partition coefficient (Wildman–Crippen LogP) is 3.83. The van der Waals surface area contributed by atoms with Crippen LogP contribution in [0.2, 0.25) is 0 Å². The Bertz CT molecular complexity index is 795. The van der Waals surface area contributed by atoms with E-state index in [-0.39, 0.29) is 5.91 Å². The van der Waals surface area contributed by atoms with Crippen LogP contribution in [-0.4, -0.2) is 29.1 Å². The number of likely N-dealkylation sites (tertiary alicyclic amines) is 1. The monoisotopic (exact) mass is 390 g/mol. The number of allylic oxidation sites excluding steroid dienone is 6. The third kappa shape index (κ3) is 4.16. The van der Waals surface area contributed by atoms with Crippen LogP contribution in [-0.2, 0) is 0 Å². The number of nitrogens with two attached hydrogens (primary N) is 3. The van der Waals surface area contributed by atoms with Gasteiger partial charge in [-0.2, -0.15) is 0 Å². The van der Waals surface area contributed by atoms with E-state index in [0.29, 0.717) is 45.2 Å². The van der Waals surface area contributed by atoms with Gasteiger partial charge >= 0.3 is 0 Å². The minimum Gasteiger partial charge on any atom is -0.402 e. The van der Waals surface area contributed by atoms with Crippen molar-refractivity contribution >= 4 is 45.3 Å². The number of amides is 1. The fourth-order valence-corrected chi connectivity index (χ4v) is 4.93. The van der Waals surface area contributed by atoms with Crippen molar-refractivity contribution in [2.24, 2.45) is 5.73 Å². The van der Waals surface area contributed by atoms with Crippen LogP contribution in [0.4, 0.5) is 10.7 Å². The molecule has 26 heavy (non-hydrogen) atoms. The number of rotatable bonds is 6. The molecule has 0 aromatic carbocycles. The van der Waals surface area contributed by atoms with E-state index in [9.17, 15) is 4.79 Å². The second-order valence-corrected chi connectivity index (χ2v) is 8.57. The number of carbonyl (C=O) groups excluding carboxylic acids is 1. The van der Waals surface area contributed by atoms with Gasteiger partial charge in [-0.15, -0.1) is 23.1 Å². The highest BCUT2D eigenvalue weighted by Gasteiger charge is 2.34. The second-order valence-electron chi connectivity index (χ2n) is 6.15. The molecule has 0 spiro atoms. The Kier molecular flexibility index (Phi) is 6.61. The molecule has 0 radical (unpaired) electrons. The number of anilines is 2. The summed E-state index contributed by atoms with van der Waals surface area (Å²) in [7, 11) is 0. The molecule has 1 fully saturated rings. The number of nitrogens with zero attached hydrogens (tertiary/aromatic N) is 1. The van der Waals surface area contributed by atoms with E-state index < -0.39 is 0 Å². The molecule has 1 saturated heterocycles. The number of thioether (sulfide) groups is 1. The fraction of sp³-hybridized carbons (Fsp3) is 0.316. The van der Waals surface area contributed by atoms with Crippen LogP contribution in [0.1, 0.15) is 36.0 Å². The molecule has 0 unspecified atom stereocenters. The maximum Gasteiger partial charge on any atom is 0.266 e. The van der Waals surface area contributed by atoms with Crippen molar-refractivity contribution in [3.8, 4) is 0 Å². The van der Waals surface area contributed by atoms with Crippen LogP contribution in [0.3, 0.4) is 0 Å². The molecule has 1 aromatic heterocycles. The third-order valence-electron chi connectivity index (χ3n) is 4.18. The normalized spacial score (nSPS) is 16.6. The third-order valence-corrected chi connectivity index (χ3v) is 6.38. The molecular formula is C19H26N4OS2. The molecule has 0 bridgehead atoms. The molecule has 1 aromatic rings. The summed E-state index contributed by atoms with van der Waals surface area (Å²) in [4.78, 5) is 16.2. The number of thiophene rings is 1. The van der Waals surface area contributed by atoms with E-state index in [2.05, 4.69) is 6.58 Å². The standard InChI is InChI=1S/C19H26N4OS2/c1-5-7-13(8-6-2)25-14-9-23(10-14)19(24)17-16(21)15(18(22)26-17)11(3)12(4)20/h5-8,14H,1,9-10,20-22H2,2-4H3/b8-6-,12-11-,13-7+. The average Bonchev–Trinajstić information content (AvgIpc) is 2.84. The van der Waals surface area contributed by atoms with Gasteiger partial charge in [-0.1, -0.05) is 24.8 Å². The van der Waals surface area contributed by atoms with Gasteiger partial charge in [0, 0.05) is 34.5 Å². The van der Waals surface area contributed by atoms with Crippen molar-refractivity contribution in [1.82, 2.24) is 4.90 Å². The van der Waals surface area contributed by atoms with E-state index in [0.717, 1.165) is 10.5 Å². The Morgan fingerprint density at radius 2 is 2.00 bits per heavy atom. The number of hydrogen-bond acceptors (Lipinski definition) is 6. The van der Waals surface area contributed by atoms with E-state index in [1.165, 1.54) is 11.3 Å². The van der Waals surface area contributed by atoms with Gasteiger partial charge in [0.1, 0.15) is 4.88 Å². The Balaban J connectivity index is 2.09. The zero-order valence-electron chi connectivity index (χ0n) is 15.4. The predicted molar refractivity (Wildman–Crippen MR) is 116 cm³/mol. The summed E-state index contributed by atoms with van der Waals surface area (Å²) in [6.07, 6.45) is 7.79. The second kappa shape index (κ2) is 8.51. The van der Waals surface area contributed by atoms with Crippen LogP contribution in [0.25, 0.3) is 5.57 Å². The van der Waals surface area contributed by atoms with Crippen LogP contribution in [0.5, 0.6) is 0 Å². The van der Waals surface area contributed by atoms with Gasteiger partial charge in [-0.3, -0.25) is 4.79 Å². The van der Waals surface area contributed by atoms with Crippen LogP contribution in [0, 0.1) is 0 Å². The van der Waals surface area contributed by atoms with Gasteiger partial charge in [-0.25, -0.2) is 0 Å². The molecule has 1 aliphatic heterocycles. The van der Waals surface area contributed by atoms with Crippen molar-refractivity contribution in [2.75, 3.05) is 24.6 Å². The molecule has 0 aliphatic carbocycles. The van der Waals surface area contributed by atoms with Crippen molar-refractivity contribution in [3.63, 3.8) is 0 Å². The highest BCUT2D eigenvalue weighted by Crippen LogP contribution is 2.40. The summed E-state index contributed by atoms with van der Waals surface area (Å²) < 4.78 is 0. The lowest BCUT2D eigenvalue weighted by Crippen LogP contribution is -2.52. The first kappa shape index (κ1) is 20.2. The summed E-state index contributed by atoms with van der Waals surface area (Å²) in [6.45, 7) is 10.8. The first-order valence-corrected chi connectivity index (χ1v) is 10.0. The largest absolute Gasteiger partial charge is 0.402 e. The molecule has 7 heteroatoms. The quantitative estimate of drug-likeness (QED) is 0.641. The number of carbonyl (C=O) groups is 1. The SMILES string of the molecule is C=C/C=C(\C=C/C)SC1CN(C(=O)c2sc(N)c(/C(C)=C(/C)N)c2N)C1.